The predicted molar refractivity (Wildman–Crippen MR) is 293 cm³/mol. The molecule has 0 aromatic heterocycles. The number of carbonyl (C=O) groups excluding carboxylic acids is 3. The van der Waals surface area contributed by atoms with Gasteiger partial charge >= 0.3 is 17.9 Å². The lowest BCUT2D eigenvalue weighted by Crippen LogP contribution is -2.30. The summed E-state index contributed by atoms with van der Waals surface area (Å²) in [6, 6.07) is 0. The number of ether oxygens (including phenoxy) is 3. The molecule has 0 N–H and O–H groups in total. The van der Waals surface area contributed by atoms with E-state index in [0.29, 0.717) is 19.3 Å². The Morgan fingerprint density at radius 1 is 0.279 bits per heavy atom. The van der Waals surface area contributed by atoms with Gasteiger partial charge in [-0.05, 0) is 44.9 Å². The normalized spacial score (nSPS) is 12.0. The molecule has 0 aliphatic heterocycles. The van der Waals surface area contributed by atoms with Crippen LogP contribution in [0.3, 0.4) is 0 Å². The van der Waals surface area contributed by atoms with Crippen molar-refractivity contribution in [3.05, 3.63) is 12.2 Å². The van der Waals surface area contributed by atoms with Crippen molar-refractivity contribution in [2.45, 2.75) is 354 Å². The molecule has 0 saturated carbocycles. The van der Waals surface area contributed by atoms with Crippen molar-refractivity contribution in [3.8, 4) is 0 Å². The lowest BCUT2D eigenvalue weighted by atomic mass is 10.0. The molecule has 0 aromatic carbocycles. The Kier molecular flexibility index (Phi) is 56.2. The van der Waals surface area contributed by atoms with Crippen molar-refractivity contribution in [1.82, 2.24) is 0 Å². The molecule has 6 nitrogen and oxygen atoms in total. The molecular formula is C62H118O6. The molecule has 0 radical (unpaired) electrons. The zero-order valence-corrected chi connectivity index (χ0v) is 46.2. The summed E-state index contributed by atoms with van der Waals surface area (Å²) < 4.78 is 16.7. The predicted octanol–water partition coefficient (Wildman–Crippen LogP) is 20.5. The molecular weight excluding hydrogens is 841 g/mol. The highest BCUT2D eigenvalue weighted by atomic mass is 16.6. The second-order valence-corrected chi connectivity index (χ2v) is 21.0. The fourth-order valence-corrected chi connectivity index (χ4v) is 9.38. The molecule has 68 heavy (non-hydrogen) atoms. The fourth-order valence-electron chi connectivity index (χ4n) is 9.38. The molecule has 0 bridgehead atoms. The number of allylic oxidation sites excluding steroid dienone is 2. The second-order valence-electron chi connectivity index (χ2n) is 21.0. The van der Waals surface area contributed by atoms with Crippen LogP contribution in [-0.4, -0.2) is 37.2 Å². The van der Waals surface area contributed by atoms with E-state index in [0.717, 1.165) is 64.2 Å². The summed E-state index contributed by atoms with van der Waals surface area (Å²) in [7, 11) is 0. The second kappa shape index (κ2) is 57.7. The van der Waals surface area contributed by atoms with Gasteiger partial charge in [-0.3, -0.25) is 14.4 Å². The van der Waals surface area contributed by atoms with E-state index < -0.39 is 6.10 Å². The Hall–Kier alpha value is -1.85. The van der Waals surface area contributed by atoms with Crippen LogP contribution in [0.25, 0.3) is 0 Å². The van der Waals surface area contributed by atoms with E-state index in [9.17, 15) is 14.4 Å². The Morgan fingerprint density at radius 3 is 0.735 bits per heavy atom. The summed E-state index contributed by atoms with van der Waals surface area (Å²) in [6.45, 7) is 6.58. The first-order valence-electron chi connectivity index (χ1n) is 30.7. The highest BCUT2D eigenvalue weighted by Gasteiger charge is 2.19. The molecule has 0 rings (SSSR count). The van der Waals surface area contributed by atoms with Crippen molar-refractivity contribution < 1.29 is 28.6 Å². The van der Waals surface area contributed by atoms with Gasteiger partial charge in [0.2, 0.25) is 0 Å². The molecule has 0 heterocycles. The van der Waals surface area contributed by atoms with E-state index in [1.54, 1.807) is 0 Å². The minimum absolute atomic E-state index is 0.0646. The van der Waals surface area contributed by atoms with Gasteiger partial charge in [0.25, 0.3) is 0 Å². The first-order chi connectivity index (χ1) is 33.5. The number of unbranched alkanes of at least 4 members (excludes halogenated alkanes) is 44. The molecule has 0 fully saturated rings. The fraction of sp³-hybridized carbons (Fsp3) is 0.919. The van der Waals surface area contributed by atoms with Crippen LogP contribution in [0, 0.1) is 0 Å². The van der Waals surface area contributed by atoms with Gasteiger partial charge < -0.3 is 14.2 Å². The van der Waals surface area contributed by atoms with Crippen LogP contribution in [0.5, 0.6) is 0 Å². The van der Waals surface area contributed by atoms with E-state index in [4.69, 9.17) is 14.2 Å². The van der Waals surface area contributed by atoms with Gasteiger partial charge in [0.05, 0.1) is 0 Å². The van der Waals surface area contributed by atoms with Crippen molar-refractivity contribution in [3.63, 3.8) is 0 Å². The van der Waals surface area contributed by atoms with E-state index >= 15 is 0 Å². The van der Waals surface area contributed by atoms with Crippen LogP contribution in [-0.2, 0) is 28.6 Å². The molecule has 402 valence electrons. The average molecular weight is 960 g/mol. The van der Waals surface area contributed by atoms with Crippen LogP contribution >= 0.6 is 0 Å². The summed E-state index contributed by atoms with van der Waals surface area (Å²) in [6.07, 6.45) is 67.3. The maximum Gasteiger partial charge on any atom is 0.306 e. The van der Waals surface area contributed by atoms with Gasteiger partial charge in [0.1, 0.15) is 13.2 Å². The third kappa shape index (κ3) is 55.1. The standard InChI is InChI=1S/C62H118O6/c1-4-7-10-13-15-17-19-20-21-22-23-24-25-26-27-28-29-30-31-32-33-34-35-36-37-38-39-40-41-42-43-45-46-49-52-55-61(64)67-58-59(57-66-60(63)54-51-48-12-9-6-3)68-62(65)56-53-50-47-44-18-16-14-11-8-5-2/h22-23,59H,4-21,24-58H2,1-3H3/b23-22-. The molecule has 0 saturated heterocycles. The molecule has 6 heteroatoms. The maximum absolute atomic E-state index is 12.7. The van der Waals surface area contributed by atoms with Gasteiger partial charge in [0.15, 0.2) is 6.10 Å². The third-order valence-electron chi connectivity index (χ3n) is 14.0. The van der Waals surface area contributed by atoms with Crippen LogP contribution in [0.4, 0.5) is 0 Å². The minimum atomic E-state index is -0.759. The molecule has 0 aliphatic carbocycles. The molecule has 0 spiro atoms. The summed E-state index contributed by atoms with van der Waals surface area (Å²) in [5.74, 6) is -0.862. The minimum Gasteiger partial charge on any atom is -0.462 e. The molecule has 0 amide bonds. The quantitative estimate of drug-likeness (QED) is 0.0262. The Bertz CT molecular complexity index is 1060. The van der Waals surface area contributed by atoms with Gasteiger partial charge in [-0.15, -0.1) is 0 Å². The van der Waals surface area contributed by atoms with Crippen LogP contribution < -0.4 is 0 Å². The molecule has 1 atom stereocenters. The topological polar surface area (TPSA) is 78.9 Å². The van der Waals surface area contributed by atoms with Crippen molar-refractivity contribution >= 4 is 17.9 Å². The molecule has 0 aromatic rings. The average Bonchev–Trinajstić information content (AvgIpc) is 3.34. The van der Waals surface area contributed by atoms with Crippen molar-refractivity contribution in [2.75, 3.05) is 13.2 Å². The zero-order valence-electron chi connectivity index (χ0n) is 46.2. The van der Waals surface area contributed by atoms with E-state index in [-0.39, 0.29) is 31.1 Å². The van der Waals surface area contributed by atoms with Crippen molar-refractivity contribution in [2.24, 2.45) is 0 Å². The SMILES string of the molecule is CCCCCCCCCC/C=C\CCCCCCCCCCCCCCCCCCCCCCCCCC(=O)OCC(COC(=O)CCCCCCC)OC(=O)CCCCCCCCCCCC. The Balaban J connectivity index is 3.75. The summed E-state index contributed by atoms with van der Waals surface area (Å²) >= 11 is 0. The molecule has 0 aliphatic rings. The number of hydrogen-bond donors (Lipinski definition) is 0. The monoisotopic (exact) mass is 959 g/mol. The third-order valence-corrected chi connectivity index (χ3v) is 14.0. The first-order valence-corrected chi connectivity index (χ1v) is 30.7. The van der Waals surface area contributed by atoms with Crippen molar-refractivity contribution in [1.29, 1.82) is 0 Å². The number of carbonyl (C=O) groups is 3. The number of esters is 3. The number of rotatable bonds is 57. The number of hydrogen-bond acceptors (Lipinski definition) is 6. The Labute approximate surface area is 424 Å². The van der Waals surface area contributed by atoms with Crippen LogP contribution in [0.1, 0.15) is 348 Å². The van der Waals surface area contributed by atoms with Gasteiger partial charge in [0, 0.05) is 19.3 Å². The van der Waals surface area contributed by atoms with E-state index in [2.05, 4.69) is 32.9 Å². The lowest BCUT2D eigenvalue weighted by molar-refractivity contribution is -0.167. The van der Waals surface area contributed by atoms with Crippen LogP contribution in [0.2, 0.25) is 0 Å². The van der Waals surface area contributed by atoms with E-state index in [1.165, 1.54) is 244 Å². The van der Waals surface area contributed by atoms with Gasteiger partial charge in [-0.2, -0.15) is 0 Å². The summed E-state index contributed by atoms with van der Waals surface area (Å²) in [5.41, 5.74) is 0. The lowest BCUT2D eigenvalue weighted by Gasteiger charge is -2.18. The van der Waals surface area contributed by atoms with Gasteiger partial charge in [-0.1, -0.05) is 296 Å². The Morgan fingerprint density at radius 2 is 0.485 bits per heavy atom. The zero-order chi connectivity index (χ0) is 49.3. The van der Waals surface area contributed by atoms with E-state index in [1.807, 2.05) is 0 Å². The highest BCUT2D eigenvalue weighted by Crippen LogP contribution is 2.18. The van der Waals surface area contributed by atoms with Gasteiger partial charge in [-0.25, -0.2) is 0 Å². The largest absolute Gasteiger partial charge is 0.462 e. The first kappa shape index (κ1) is 66.2. The maximum atomic E-state index is 12.7. The summed E-state index contributed by atoms with van der Waals surface area (Å²) in [4.78, 5) is 37.6. The smallest absolute Gasteiger partial charge is 0.306 e. The van der Waals surface area contributed by atoms with Crippen LogP contribution in [0.15, 0.2) is 12.2 Å². The summed E-state index contributed by atoms with van der Waals surface area (Å²) in [5, 5.41) is 0. The molecule has 1 unspecified atom stereocenters. The highest BCUT2D eigenvalue weighted by molar-refractivity contribution is 5.71.